The average molecular weight is 439 g/mol. The van der Waals surface area contributed by atoms with Crippen molar-refractivity contribution in [2.24, 2.45) is 0 Å². The van der Waals surface area contributed by atoms with Crippen LogP contribution in [0.5, 0.6) is 0 Å². The number of nitrogens with zero attached hydrogens (tertiary/aromatic N) is 3. The van der Waals surface area contributed by atoms with E-state index in [1.807, 2.05) is 11.4 Å². The topological polar surface area (TPSA) is 95.8 Å². The lowest BCUT2D eigenvalue weighted by molar-refractivity contribution is -0.132. The van der Waals surface area contributed by atoms with Gasteiger partial charge in [-0.05, 0) is 30.7 Å². The fourth-order valence-corrected chi connectivity index (χ4v) is 4.09. The first-order valence-corrected chi connectivity index (χ1v) is 10.9. The Morgan fingerprint density at radius 2 is 1.74 bits per heavy atom. The Morgan fingerprint density at radius 3 is 2.45 bits per heavy atom. The Morgan fingerprint density at radius 1 is 1.00 bits per heavy atom. The zero-order valence-electron chi connectivity index (χ0n) is 16.8. The molecule has 1 aliphatic rings. The van der Waals surface area contributed by atoms with Gasteiger partial charge in [-0.1, -0.05) is 18.2 Å². The minimum atomic E-state index is -0.209. The number of thiazole rings is 1. The summed E-state index contributed by atoms with van der Waals surface area (Å²) in [5.74, 6) is -0.00405. The number of anilines is 1. The van der Waals surface area contributed by atoms with Crippen LogP contribution in [0.3, 0.4) is 0 Å². The molecule has 3 amide bonds. The number of furan rings is 1. The van der Waals surface area contributed by atoms with Crippen molar-refractivity contribution in [3.8, 4) is 0 Å². The first-order chi connectivity index (χ1) is 15.1. The molecular formula is C22H22N4O4S. The Bertz CT molecular complexity index is 1040. The number of piperazine rings is 1. The second-order valence-electron chi connectivity index (χ2n) is 7.11. The van der Waals surface area contributed by atoms with Gasteiger partial charge < -0.3 is 14.2 Å². The summed E-state index contributed by atoms with van der Waals surface area (Å²) >= 11 is 1.34. The molecule has 0 saturated carbocycles. The standard InChI is InChI=1S/C22H22N4O4S/c27-19(25-10-12-26(13-11-25)21(29)18-7-4-14-30-18)9-8-17-15-31-22(23-17)24-20(28)16-5-2-1-3-6-16/h1-7,14-15H,8-13H2,(H,23,24,28). The third-order valence-electron chi connectivity index (χ3n) is 5.05. The zero-order chi connectivity index (χ0) is 21.6. The van der Waals surface area contributed by atoms with Crippen LogP contribution in [-0.4, -0.2) is 58.7 Å². The van der Waals surface area contributed by atoms with Crippen LogP contribution in [0.1, 0.15) is 33.0 Å². The molecule has 1 saturated heterocycles. The van der Waals surface area contributed by atoms with E-state index in [2.05, 4.69) is 10.3 Å². The summed E-state index contributed by atoms with van der Waals surface area (Å²) in [4.78, 5) is 45.0. The van der Waals surface area contributed by atoms with E-state index in [1.54, 1.807) is 46.2 Å². The molecule has 9 heteroatoms. The summed E-state index contributed by atoms with van der Waals surface area (Å²) in [5.41, 5.74) is 1.34. The van der Waals surface area contributed by atoms with Crippen LogP contribution < -0.4 is 5.32 Å². The highest BCUT2D eigenvalue weighted by Gasteiger charge is 2.26. The molecule has 1 fully saturated rings. The number of hydrogen-bond acceptors (Lipinski definition) is 6. The van der Waals surface area contributed by atoms with Crippen LogP contribution >= 0.6 is 11.3 Å². The molecule has 0 radical (unpaired) electrons. The summed E-state index contributed by atoms with van der Waals surface area (Å²) in [7, 11) is 0. The molecule has 0 aliphatic carbocycles. The second kappa shape index (κ2) is 9.57. The van der Waals surface area contributed by atoms with Crippen molar-refractivity contribution in [3.05, 3.63) is 71.1 Å². The van der Waals surface area contributed by atoms with Crippen LogP contribution in [0.25, 0.3) is 0 Å². The number of nitrogens with one attached hydrogen (secondary N) is 1. The lowest BCUT2D eigenvalue weighted by Crippen LogP contribution is -2.50. The van der Waals surface area contributed by atoms with E-state index >= 15 is 0 Å². The third kappa shape index (κ3) is 5.18. The summed E-state index contributed by atoms with van der Waals surface area (Å²) in [6.45, 7) is 1.97. The van der Waals surface area contributed by atoms with Crippen molar-refractivity contribution >= 4 is 34.2 Å². The fraction of sp³-hybridized carbons (Fsp3) is 0.273. The highest BCUT2D eigenvalue weighted by Crippen LogP contribution is 2.18. The zero-order valence-corrected chi connectivity index (χ0v) is 17.6. The molecule has 1 aliphatic heterocycles. The number of aryl methyl sites for hydroxylation is 1. The summed E-state index contributed by atoms with van der Waals surface area (Å²) < 4.78 is 5.16. The van der Waals surface area contributed by atoms with Gasteiger partial charge in [-0.15, -0.1) is 11.3 Å². The monoisotopic (exact) mass is 438 g/mol. The molecule has 1 N–H and O–H groups in total. The minimum Gasteiger partial charge on any atom is -0.459 e. The molecule has 0 atom stereocenters. The maximum atomic E-state index is 12.6. The Balaban J connectivity index is 1.22. The largest absolute Gasteiger partial charge is 0.459 e. The summed E-state index contributed by atoms with van der Waals surface area (Å²) in [6, 6.07) is 12.3. The maximum Gasteiger partial charge on any atom is 0.289 e. The number of rotatable bonds is 6. The molecule has 31 heavy (non-hydrogen) atoms. The smallest absolute Gasteiger partial charge is 0.289 e. The third-order valence-corrected chi connectivity index (χ3v) is 5.86. The molecule has 2 aromatic heterocycles. The minimum absolute atomic E-state index is 0.0352. The number of amides is 3. The van der Waals surface area contributed by atoms with E-state index in [4.69, 9.17) is 4.42 Å². The number of aromatic nitrogens is 1. The number of carbonyl (C=O) groups excluding carboxylic acids is 3. The predicted octanol–water partition coefficient (Wildman–Crippen LogP) is 2.91. The Labute approximate surface area is 183 Å². The van der Waals surface area contributed by atoms with Crippen molar-refractivity contribution in [2.75, 3.05) is 31.5 Å². The number of carbonyl (C=O) groups is 3. The first kappa shape index (κ1) is 20.8. The van der Waals surface area contributed by atoms with Crippen LogP contribution in [0, 0.1) is 0 Å². The molecule has 3 aromatic rings. The van der Waals surface area contributed by atoms with E-state index in [-0.39, 0.29) is 17.7 Å². The maximum absolute atomic E-state index is 12.6. The van der Waals surface area contributed by atoms with Crippen LogP contribution in [-0.2, 0) is 11.2 Å². The van der Waals surface area contributed by atoms with Gasteiger partial charge >= 0.3 is 0 Å². The van der Waals surface area contributed by atoms with Gasteiger partial charge in [-0.25, -0.2) is 4.98 Å². The van der Waals surface area contributed by atoms with Crippen molar-refractivity contribution in [2.45, 2.75) is 12.8 Å². The van der Waals surface area contributed by atoms with Gasteiger partial charge in [0.25, 0.3) is 11.8 Å². The lowest BCUT2D eigenvalue weighted by atomic mass is 10.2. The molecule has 0 bridgehead atoms. The van der Waals surface area contributed by atoms with Gasteiger partial charge in [0, 0.05) is 43.5 Å². The van der Waals surface area contributed by atoms with E-state index in [9.17, 15) is 14.4 Å². The van der Waals surface area contributed by atoms with Crippen LogP contribution in [0.2, 0.25) is 0 Å². The van der Waals surface area contributed by atoms with Crippen molar-refractivity contribution in [1.29, 1.82) is 0 Å². The number of benzene rings is 1. The second-order valence-corrected chi connectivity index (χ2v) is 7.97. The average Bonchev–Trinajstić information content (AvgIpc) is 3.50. The normalized spacial score (nSPS) is 13.8. The fourth-order valence-electron chi connectivity index (χ4n) is 3.35. The van der Waals surface area contributed by atoms with Gasteiger partial charge in [-0.3, -0.25) is 19.7 Å². The first-order valence-electron chi connectivity index (χ1n) is 10.0. The molecule has 0 spiro atoms. The quantitative estimate of drug-likeness (QED) is 0.638. The molecule has 0 unspecified atom stereocenters. The van der Waals surface area contributed by atoms with E-state index in [0.29, 0.717) is 55.5 Å². The number of hydrogen-bond donors (Lipinski definition) is 1. The van der Waals surface area contributed by atoms with Gasteiger partial charge in [-0.2, -0.15) is 0 Å². The summed E-state index contributed by atoms with van der Waals surface area (Å²) in [6.07, 6.45) is 2.31. The molecule has 3 heterocycles. The van der Waals surface area contributed by atoms with Gasteiger partial charge in [0.05, 0.1) is 12.0 Å². The van der Waals surface area contributed by atoms with Gasteiger partial charge in [0.1, 0.15) is 0 Å². The molecule has 4 rings (SSSR count). The van der Waals surface area contributed by atoms with E-state index in [0.717, 1.165) is 5.69 Å². The Kier molecular flexibility index (Phi) is 6.42. The Hall–Kier alpha value is -3.46. The van der Waals surface area contributed by atoms with Crippen LogP contribution in [0.15, 0.2) is 58.5 Å². The van der Waals surface area contributed by atoms with E-state index < -0.39 is 0 Å². The molecule has 160 valence electrons. The summed E-state index contributed by atoms with van der Waals surface area (Å²) in [5, 5.41) is 5.15. The lowest BCUT2D eigenvalue weighted by Gasteiger charge is -2.34. The molecular weight excluding hydrogens is 416 g/mol. The van der Waals surface area contributed by atoms with Crippen LogP contribution in [0.4, 0.5) is 5.13 Å². The highest BCUT2D eigenvalue weighted by atomic mass is 32.1. The van der Waals surface area contributed by atoms with Crippen molar-refractivity contribution < 1.29 is 18.8 Å². The van der Waals surface area contributed by atoms with Gasteiger partial charge in [0.2, 0.25) is 5.91 Å². The van der Waals surface area contributed by atoms with Crippen molar-refractivity contribution in [3.63, 3.8) is 0 Å². The van der Waals surface area contributed by atoms with E-state index in [1.165, 1.54) is 17.6 Å². The SMILES string of the molecule is O=C(Nc1nc(CCC(=O)N2CCN(C(=O)c3ccco3)CC2)cs1)c1ccccc1. The predicted molar refractivity (Wildman–Crippen MR) is 116 cm³/mol. The molecule has 1 aromatic carbocycles. The van der Waals surface area contributed by atoms with Crippen molar-refractivity contribution in [1.82, 2.24) is 14.8 Å². The highest BCUT2D eigenvalue weighted by molar-refractivity contribution is 7.14. The molecule has 8 nitrogen and oxygen atoms in total. The van der Waals surface area contributed by atoms with Gasteiger partial charge in [0.15, 0.2) is 10.9 Å².